The van der Waals surface area contributed by atoms with Crippen molar-refractivity contribution in [2.75, 3.05) is 27.1 Å². The lowest BCUT2D eigenvalue weighted by atomic mass is 10.1. The molecule has 0 atom stereocenters. The van der Waals surface area contributed by atoms with E-state index in [1.54, 1.807) is 36.4 Å². The summed E-state index contributed by atoms with van der Waals surface area (Å²) in [6.07, 6.45) is 1.40. The van der Waals surface area contributed by atoms with E-state index in [-0.39, 0.29) is 23.0 Å². The molecule has 2 aromatic heterocycles. The van der Waals surface area contributed by atoms with Gasteiger partial charge in [0.25, 0.3) is 5.91 Å². The van der Waals surface area contributed by atoms with Gasteiger partial charge in [0.15, 0.2) is 17.2 Å². The fourth-order valence-corrected chi connectivity index (χ4v) is 3.44. The van der Waals surface area contributed by atoms with Crippen LogP contribution in [0.4, 0.5) is 5.82 Å². The molecule has 13 nitrogen and oxygen atoms in total. The van der Waals surface area contributed by atoms with Crippen molar-refractivity contribution in [3.05, 3.63) is 52.7 Å². The van der Waals surface area contributed by atoms with Gasteiger partial charge in [0.2, 0.25) is 17.4 Å². The van der Waals surface area contributed by atoms with E-state index in [9.17, 15) is 4.79 Å². The Labute approximate surface area is 203 Å². The van der Waals surface area contributed by atoms with Gasteiger partial charge in [-0.3, -0.25) is 4.79 Å². The summed E-state index contributed by atoms with van der Waals surface area (Å²) in [6.45, 7) is 0. The molecule has 14 heteroatoms. The number of rotatable bonds is 8. The van der Waals surface area contributed by atoms with Gasteiger partial charge in [0.1, 0.15) is 5.69 Å². The number of aromatic nitrogens is 5. The first kappa shape index (κ1) is 23.5. The largest absolute Gasteiger partial charge is 0.493 e. The number of anilines is 1. The highest BCUT2D eigenvalue weighted by Crippen LogP contribution is 2.37. The molecule has 0 saturated heterocycles. The Morgan fingerprint density at radius 1 is 1.14 bits per heavy atom. The Kier molecular flexibility index (Phi) is 6.78. The fraction of sp³-hybridized carbons (Fsp3) is 0.143. The Hall–Kier alpha value is -4.65. The molecule has 2 heterocycles. The van der Waals surface area contributed by atoms with Crippen LogP contribution in [-0.2, 0) is 0 Å². The summed E-state index contributed by atoms with van der Waals surface area (Å²) in [5.41, 5.74) is 9.41. The average molecular weight is 499 g/mol. The van der Waals surface area contributed by atoms with Crippen molar-refractivity contribution in [3.63, 3.8) is 0 Å². The summed E-state index contributed by atoms with van der Waals surface area (Å²) >= 11 is 6.38. The van der Waals surface area contributed by atoms with Crippen LogP contribution in [0.25, 0.3) is 17.1 Å². The third kappa shape index (κ3) is 4.56. The van der Waals surface area contributed by atoms with Crippen LogP contribution in [0.15, 0.2) is 46.1 Å². The van der Waals surface area contributed by atoms with Crippen molar-refractivity contribution in [1.82, 2.24) is 30.7 Å². The van der Waals surface area contributed by atoms with Crippen molar-refractivity contribution >= 4 is 29.5 Å². The first-order chi connectivity index (χ1) is 17.0. The number of hydrogen-bond acceptors (Lipinski definition) is 11. The molecule has 4 rings (SSSR count). The topological polar surface area (TPSA) is 165 Å². The Morgan fingerprint density at radius 2 is 1.86 bits per heavy atom. The number of halogens is 1. The third-order valence-corrected chi connectivity index (χ3v) is 5.11. The molecule has 0 aliphatic rings. The lowest BCUT2D eigenvalue weighted by Gasteiger charge is -2.12. The molecule has 3 N–H and O–H groups in total. The van der Waals surface area contributed by atoms with Crippen molar-refractivity contribution in [2.24, 2.45) is 5.10 Å². The zero-order chi connectivity index (χ0) is 24.9. The van der Waals surface area contributed by atoms with Crippen LogP contribution in [0.1, 0.15) is 16.1 Å². The maximum absolute atomic E-state index is 13.0. The molecule has 0 aliphatic heterocycles. The van der Waals surface area contributed by atoms with Crippen LogP contribution in [0, 0.1) is 0 Å². The molecule has 35 heavy (non-hydrogen) atoms. The third-order valence-electron chi connectivity index (χ3n) is 4.78. The Morgan fingerprint density at radius 3 is 2.46 bits per heavy atom. The van der Waals surface area contributed by atoms with E-state index in [0.29, 0.717) is 33.4 Å². The summed E-state index contributed by atoms with van der Waals surface area (Å²) in [4.78, 5) is 13.0. The molecule has 0 fully saturated rings. The van der Waals surface area contributed by atoms with Gasteiger partial charge in [-0.2, -0.15) is 9.78 Å². The van der Waals surface area contributed by atoms with E-state index in [4.69, 9.17) is 31.5 Å². The predicted molar refractivity (Wildman–Crippen MR) is 125 cm³/mol. The van der Waals surface area contributed by atoms with Crippen molar-refractivity contribution in [2.45, 2.75) is 0 Å². The maximum atomic E-state index is 13.0. The van der Waals surface area contributed by atoms with E-state index in [1.807, 2.05) is 0 Å². The highest BCUT2D eigenvalue weighted by molar-refractivity contribution is 6.33. The highest BCUT2D eigenvalue weighted by Gasteiger charge is 2.26. The van der Waals surface area contributed by atoms with Crippen LogP contribution in [0.2, 0.25) is 5.02 Å². The zero-order valence-electron chi connectivity index (χ0n) is 18.7. The lowest BCUT2D eigenvalue weighted by Crippen LogP contribution is -2.19. The predicted octanol–water partition coefficient (Wildman–Crippen LogP) is 2.34. The van der Waals surface area contributed by atoms with Gasteiger partial charge in [-0.05, 0) is 28.5 Å². The minimum Gasteiger partial charge on any atom is -0.493 e. The van der Waals surface area contributed by atoms with Crippen LogP contribution in [-0.4, -0.2) is 58.8 Å². The molecule has 0 saturated carbocycles. The molecule has 1 amide bonds. The maximum Gasteiger partial charge on any atom is 0.294 e. The van der Waals surface area contributed by atoms with Crippen molar-refractivity contribution < 1.29 is 23.6 Å². The quantitative estimate of drug-likeness (QED) is 0.272. The summed E-state index contributed by atoms with van der Waals surface area (Å²) in [5.74, 6) is 0.636. The van der Waals surface area contributed by atoms with Gasteiger partial charge in [-0.25, -0.2) is 10.1 Å². The monoisotopic (exact) mass is 498 g/mol. The number of ether oxygens (including phenoxy) is 3. The van der Waals surface area contributed by atoms with Gasteiger partial charge < -0.3 is 19.9 Å². The summed E-state index contributed by atoms with van der Waals surface area (Å²) < 4.78 is 21.8. The highest BCUT2D eigenvalue weighted by atomic mass is 35.5. The van der Waals surface area contributed by atoms with E-state index >= 15 is 0 Å². The van der Waals surface area contributed by atoms with Gasteiger partial charge in [0.05, 0.1) is 32.6 Å². The number of amides is 1. The molecule has 0 unspecified atom stereocenters. The second kappa shape index (κ2) is 10.1. The number of nitrogens with zero attached hydrogens (tertiary/aromatic N) is 6. The van der Waals surface area contributed by atoms with E-state index in [1.165, 1.54) is 32.2 Å². The molecular formula is C21H19ClN8O5. The smallest absolute Gasteiger partial charge is 0.294 e. The molecule has 0 aliphatic carbocycles. The summed E-state index contributed by atoms with van der Waals surface area (Å²) in [5, 5.41) is 19.6. The summed E-state index contributed by atoms with van der Waals surface area (Å²) in [7, 11) is 4.49. The van der Waals surface area contributed by atoms with E-state index in [0.717, 1.165) is 0 Å². The number of nitrogens with one attached hydrogen (secondary N) is 1. The lowest BCUT2D eigenvalue weighted by molar-refractivity contribution is 0.0950. The van der Waals surface area contributed by atoms with Crippen molar-refractivity contribution in [1.29, 1.82) is 0 Å². The zero-order valence-corrected chi connectivity index (χ0v) is 19.5. The number of carbonyl (C=O) groups is 1. The minimum absolute atomic E-state index is 0.0458. The molecule has 180 valence electrons. The van der Waals surface area contributed by atoms with E-state index < -0.39 is 5.91 Å². The molecule has 2 aromatic carbocycles. The number of hydrazone groups is 1. The SMILES string of the molecule is COc1cc(/C=N\NC(=O)c2nnn(-c3nonc3N)c2-c2ccccc2Cl)cc(OC)c1OC. The number of nitrogen functional groups attached to an aromatic ring is 1. The number of methoxy groups -OCH3 is 3. The first-order valence-corrected chi connectivity index (χ1v) is 10.3. The van der Waals surface area contributed by atoms with Gasteiger partial charge in [0, 0.05) is 11.1 Å². The van der Waals surface area contributed by atoms with Crippen LogP contribution in [0.3, 0.4) is 0 Å². The van der Waals surface area contributed by atoms with Gasteiger partial charge in [-0.1, -0.05) is 35.0 Å². The molecule has 0 radical (unpaired) electrons. The number of carbonyl (C=O) groups excluding carboxylic acids is 1. The summed E-state index contributed by atoms with van der Waals surface area (Å²) in [6, 6.07) is 10.2. The number of hydrogen-bond donors (Lipinski definition) is 2. The minimum atomic E-state index is -0.662. The second-order valence-corrected chi connectivity index (χ2v) is 7.22. The molecule has 0 spiro atoms. The van der Waals surface area contributed by atoms with Crippen LogP contribution >= 0.6 is 11.6 Å². The Bertz CT molecular complexity index is 1380. The van der Waals surface area contributed by atoms with Crippen molar-refractivity contribution in [3.8, 4) is 34.3 Å². The Balaban J connectivity index is 1.67. The molecular weight excluding hydrogens is 480 g/mol. The van der Waals surface area contributed by atoms with E-state index in [2.05, 4.69) is 35.8 Å². The fourth-order valence-electron chi connectivity index (χ4n) is 3.21. The molecule has 0 bridgehead atoms. The normalized spacial score (nSPS) is 11.0. The average Bonchev–Trinajstić information content (AvgIpc) is 3.49. The number of nitrogens with two attached hydrogens (primary N) is 1. The standard InChI is InChI=1S/C21H19ClN8O5/c1-32-14-8-11(9-15(33-2)18(14)34-3)10-24-26-21(31)16-17(12-6-4-5-7-13(12)22)30(29-25-16)20-19(23)27-35-28-20/h4-10H,1-3H3,(H2,23,27)(H,26,31)/b24-10-. The molecule has 4 aromatic rings. The van der Waals surface area contributed by atoms with Gasteiger partial charge in [-0.15, -0.1) is 5.10 Å². The van der Waals surface area contributed by atoms with Crippen LogP contribution in [0.5, 0.6) is 17.2 Å². The van der Waals surface area contributed by atoms with Gasteiger partial charge >= 0.3 is 0 Å². The number of benzene rings is 2. The first-order valence-electron chi connectivity index (χ1n) is 9.90. The second-order valence-electron chi connectivity index (χ2n) is 6.81. The van der Waals surface area contributed by atoms with Crippen LogP contribution < -0.4 is 25.4 Å².